The summed E-state index contributed by atoms with van der Waals surface area (Å²) >= 11 is 0. The second kappa shape index (κ2) is 5.10. The molecule has 0 aromatic rings. The van der Waals surface area contributed by atoms with Gasteiger partial charge in [-0.2, -0.15) is 0 Å². The van der Waals surface area contributed by atoms with Crippen molar-refractivity contribution in [3.05, 3.63) is 12.2 Å². The van der Waals surface area contributed by atoms with Crippen LogP contribution in [0.2, 0.25) is 0 Å². The average molecular weight is 252 g/mol. The molecule has 1 amide bonds. The first-order valence-corrected chi connectivity index (χ1v) is 6.34. The number of hydrogen-bond donors (Lipinski definition) is 2. The van der Waals surface area contributed by atoms with E-state index < -0.39 is 11.9 Å². The van der Waals surface area contributed by atoms with Crippen LogP contribution in [-0.4, -0.2) is 49.1 Å². The quantitative estimate of drug-likeness (QED) is 0.685. The van der Waals surface area contributed by atoms with Gasteiger partial charge in [-0.15, -0.1) is 0 Å². The van der Waals surface area contributed by atoms with Gasteiger partial charge in [-0.25, -0.2) is 0 Å². The molecule has 0 aromatic carbocycles. The van der Waals surface area contributed by atoms with Gasteiger partial charge in [-0.1, -0.05) is 12.2 Å². The molecule has 4 atom stereocenters. The Kier molecular flexibility index (Phi) is 3.71. The van der Waals surface area contributed by atoms with Gasteiger partial charge in [0, 0.05) is 13.1 Å². The number of carbonyl (C=O) groups excluding carboxylic acids is 1. The Labute approximate surface area is 107 Å². The maximum atomic E-state index is 12.1. The van der Waals surface area contributed by atoms with Crippen LogP contribution in [0, 0.1) is 23.7 Å². The number of nitrogens with one attached hydrogen (secondary N) is 1. The summed E-state index contributed by atoms with van der Waals surface area (Å²) in [5.41, 5.74) is 0. The van der Waals surface area contributed by atoms with Crippen molar-refractivity contribution in [2.45, 2.75) is 6.42 Å². The van der Waals surface area contributed by atoms with Crippen molar-refractivity contribution in [1.29, 1.82) is 0 Å². The van der Waals surface area contributed by atoms with E-state index in [1.807, 2.05) is 31.1 Å². The summed E-state index contributed by atoms with van der Waals surface area (Å²) in [7, 11) is 3.87. The van der Waals surface area contributed by atoms with E-state index in [1.165, 1.54) is 0 Å². The fourth-order valence-corrected chi connectivity index (χ4v) is 3.04. The first kappa shape index (κ1) is 13.1. The lowest BCUT2D eigenvalue weighted by Gasteiger charge is -2.24. The predicted octanol–water partition coefficient (Wildman–Crippen LogP) is 0.187. The molecule has 2 rings (SSSR count). The van der Waals surface area contributed by atoms with Gasteiger partial charge < -0.3 is 15.3 Å². The van der Waals surface area contributed by atoms with E-state index in [9.17, 15) is 14.7 Å². The summed E-state index contributed by atoms with van der Waals surface area (Å²) < 4.78 is 0. The van der Waals surface area contributed by atoms with Crippen LogP contribution < -0.4 is 5.32 Å². The summed E-state index contributed by atoms with van der Waals surface area (Å²) in [5.74, 6) is -1.74. The van der Waals surface area contributed by atoms with Crippen LogP contribution in [0.15, 0.2) is 12.2 Å². The van der Waals surface area contributed by atoms with Gasteiger partial charge in [-0.3, -0.25) is 9.59 Å². The molecule has 1 fully saturated rings. The molecule has 0 aromatic heterocycles. The van der Waals surface area contributed by atoms with Crippen molar-refractivity contribution in [2.75, 3.05) is 27.2 Å². The third-order valence-corrected chi connectivity index (χ3v) is 3.91. The van der Waals surface area contributed by atoms with Crippen molar-refractivity contribution in [2.24, 2.45) is 23.7 Å². The highest BCUT2D eigenvalue weighted by atomic mass is 16.4. The zero-order valence-corrected chi connectivity index (χ0v) is 10.8. The minimum absolute atomic E-state index is 0.0390. The first-order valence-electron chi connectivity index (χ1n) is 6.34. The van der Waals surface area contributed by atoms with Gasteiger partial charge in [0.1, 0.15) is 0 Å². The number of rotatable bonds is 5. The number of amides is 1. The Bertz CT molecular complexity index is 378. The lowest BCUT2D eigenvalue weighted by atomic mass is 9.82. The lowest BCUT2D eigenvalue weighted by molar-refractivity contribution is -0.147. The summed E-state index contributed by atoms with van der Waals surface area (Å²) in [6.07, 6.45) is 4.76. The Morgan fingerprint density at radius 3 is 2.44 bits per heavy atom. The highest BCUT2D eigenvalue weighted by Crippen LogP contribution is 2.48. The molecule has 18 heavy (non-hydrogen) atoms. The van der Waals surface area contributed by atoms with E-state index in [-0.39, 0.29) is 23.7 Å². The Morgan fingerprint density at radius 1 is 1.28 bits per heavy atom. The molecule has 5 heteroatoms. The van der Waals surface area contributed by atoms with E-state index in [0.29, 0.717) is 6.54 Å². The molecule has 0 aliphatic heterocycles. The normalized spacial score (nSPS) is 33.1. The molecule has 5 nitrogen and oxygen atoms in total. The van der Waals surface area contributed by atoms with Gasteiger partial charge in [0.15, 0.2) is 0 Å². The summed E-state index contributed by atoms with van der Waals surface area (Å²) in [4.78, 5) is 25.4. The highest BCUT2D eigenvalue weighted by Gasteiger charge is 2.51. The van der Waals surface area contributed by atoms with Crippen molar-refractivity contribution < 1.29 is 14.7 Å². The molecule has 0 saturated heterocycles. The third kappa shape index (κ3) is 2.41. The molecule has 100 valence electrons. The monoisotopic (exact) mass is 252 g/mol. The second-order valence-electron chi connectivity index (χ2n) is 5.43. The van der Waals surface area contributed by atoms with Crippen LogP contribution in [0.4, 0.5) is 0 Å². The number of likely N-dealkylation sites (N-methyl/N-ethyl adjacent to an activating group) is 1. The number of aliphatic carboxylic acids is 1. The fraction of sp³-hybridized carbons (Fsp3) is 0.692. The molecule has 2 aliphatic rings. The molecule has 4 unspecified atom stereocenters. The number of carbonyl (C=O) groups is 2. The van der Waals surface area contributed by atoms with E-state index in [2.05, 4.69) is 5.32 Å². The maximum Gasteiger partial charge on any atom is 0.307 e. The SMILES string of the molecule is CN(C)CCNC(=O)C1C2C=CC(C2)C1C(=O)O. The van der Waals surface area contributed by atoms with E-state index >= 15 is 0 Å². The third-order valence-electron chi connectivity index (χ3n) is 3.91. The Balaban J connectivity index is 1.96. The van der Waals surface area contributed by atoms with Gasteiger partial charge in [0.25, 0.3) is 0 Å². The number of carboxylic acids is 1. The standard InChI is InChI=1S/C13H20N2O3/c1-15(2)6-5-14-12(16)10-8-3-4-9(7-8)11(10)13(17)18/h3-4,8-11H,5-7H2,1-2H3,(H,14,16)(H,17,18). The summed E-state index contributed by atoms with van der Waals surface area (Å²) in [5, 5.41) is 12.1. The minimum atomic E-state index is -0.848. The van der Waals surface area contributed by atoms with Crippen molar-refractivity contribution in [1.82, 2.24) is 10.2 Å². The smallest absolute Gasteiger partial charge is 0.307 e. The van der Waals surface area contributed by atoms with E-state index in [1.54, 1.807) is 0 Å². The topological polar surface area (TPSA) is 69.6 Å². The maximum absolute atomic E-state index is 12.1. The molecule has 2 bridgehead atoms. The van der Waals surface area contributed by atoms with Crippen molar-refractivity contribution >= 4 is 11.9 Å². The molecule has 0 radical (unpaired) electrons. The highest BCUT2D eigenvalue weighted by molar-refractivity contribution is 5.86. The molecule has 2 N–H and O–H groups in total. The zero-order valence-electron chi connectivity index (χ0n) is 10.8. The van der Waals surface area contributed by atoms with E-state index in [4.69, 9.17) is 0 Å². The number of fused-ring (bicyclic) bond motifs is 2. The van der Waals surface area contributed by atoms with Crippen LogP contribution in [0.3, 0.4) is 0 Å². The molecular weight excluding hydrogens is 232 g/mol. The second-order valence-corrected chi connectivity index (χ2v) is 5.43. The zero-order chi connectivity index (χ0) is 13.3. The van der Waals surface area contributed by atoms with Gasteiger partial charge in [-0.05, 0) is 32.4 Å². The number of hydrogen-bond acceptors (Lipinski definition) is 3. The number of allylic oxidation sites excluding steroid dienone is 2. The predicted molar refractivity (Wildman–Crippen MR) is 66.9 cm³/mol. The Hall–Kier alpha value is -1.36. The molecule has 0 heterocycles. The van der Waals surface area contributed by atoms with Crippen LogP contribution >= 0.6 is 0 Å². The van der Waals surface area contributed by atoms with Gasteiger partial charge in [0.05, 0.1) is 11.8 Å². The molecule has 1 saturated carbocycles. The number of nitrogens with zero attached hydrogens (tertiary/aromatic N) is 1. The molecular formula is C13H20N2O3. The van der Waals surface area contributed by atoms with Crippen LogP contribution in [0.1, 0.15) is 6.42 Å². The van der Waals surface area contributed by atoms with Crippen molar-refractivity contribution in [3.63, 3.8) is 0 Å². The fourth-order valence-electron chi connectivity index (χ4n) is 3.04. The summed E-state index contributed by atoms with van der Waals surface area (Å²) in [6, 6.07) is 0. The van der Waals surface area contributed by atoms with Crippen LogP contribution in [-0.2, 0) is 9.59 Å². The van der Waals surface area contributed by atoms with Crippen molar-refractivity contribution in [3.8, 4) is 0 Å². The lowest BCUT2D eigenvalue weighted by Crippen LogP contribution is -2.42. The van der Waals surface area contributed by atoms with Crippen LogP contribution in [0.5, 0.6) is 0 Å². The van der Waals surface area contributed by atoms with Crippen LogP contribution in [0.25, 0.3) is 0 Å². The first-order chi connectivity index (χ1) is 8.50. The summed E-state index contributed by atoms with van der Waals surface area (Å²) in [6.45, 7) is 1.33. The van der Waals surface area contributed by atoms with Gasteiger partial charge >= 0.3 is 5.97 Å². The van der Waals surface area contributed by atoms with E-state index in [0.717, 1.165) is 13.0 Å². The largest absolute Gasteiger partial charge is 0.481 e. The molecule has 0 spiro atoms. The van der Waals surface area contributed by atoms with Gasteiger partial charge in [0.2, 0.25) is 5.91 Å². The molecule has 2 aliphatic carbocycles. The Morgan fingerprint density at radius 2 is 1.89 bits per heavy atom. The average Bonchev–Trinajstić information content (AvgIpc) is 2.87. The minimum Gasteiger partial charge on any atom is -0.481 e. The number of carboxylic acid groups (broad SMARTS) is 1.